The number of carbonyl (C=O) groups is 2. The van der Waals surface area contributed by atoms with Gasteiger partial charge in [-0.25, -0.2) is 13.4 Å². The summed E-state index contributed by atoms with van der Waals surface area (Å²) in [5.41, 5.74) is 5.17. The van der Waals surface area contributed by atoms with Crippen molar-refractivity contribution in [3.63, 3.8) is 0 Å². The first-order valence-corrected chi connectivity index (χ1v) is 10.6. The third-order valence-corrected chi connectivity index (χ3v) is 6.80. The highest BCUT2D eigenvalue weighted by molar-refractivity contribution is 7.89. The minimum atomic E-state index is -3.86. The number of nitrogens with one attached hydrogen (secondary N) is 1. The lowest BCUT2D eigenvalue weighted by Gasteiger charge is -2.27. The molecule has 4 atom stereocenters. The van der Waals surface area contributed by atoms with Crippen LogP contribution in [0.25, 0.3) is 0 Å². The molecule has 1 radical (unpaired) electrons. The third kappa shape index (κ3) is 5.49. The van der Waals surface area contributed by atoms with Crippen molar-refractivity contribution in [2.75, 3.05) is 6.54 Å². The number of aliphatic hydroxyl groups is 1. The first-order valence-electron chi connectivity index (χ1n) is 9.17. The molecule has 1 aliphatic heterocycles. The number of nitrogens with zero attached hydrogens (tertiary/aromatic N) is 2. The van der Waals surface area contributed by atoms with Gasteiger partial charge < -0.3 is 16.2 Å². The van der Waals surface area contributed by atoms with E-state index in [1.165, 1.54) is 23.0 Å². The Morgan fingerprint density at radius 3 is 2.75 bits per heavy atom. The molecular weight excluding hydrogens is 384 g/mol. The van der Waals surface area contributed by atoms with Crippen molar-refractivity contribution in [2.24, 2.45) is 11.7 Å². The molecule has 1 aromatic heterocycles. The van der Waals surface area contributed by atoms with Crippen LogP contribution in [0.2, 0.25) is 0 Å². The molecule has 1 aliphatic rings. The molecule has 0 saturated carbocycles. The fourth-order valence-electron chi connectivity index (χ4n) is 3.01. The molecule has 4 N–H and O–H groups in total. The van der Waals surface area contributed by atoms with E-state index in [4.69, 9.17) is 5.73 Å². The lowest BCUT2D eigenvalue weighted by molar-refractivity contribution is -0.121. The lowest BCUT2D eigenvalue weighted by atomic mass is 10.0. The van der Waals surface area contributed by atoms with E-state index in [0.717, 1.165) is 0 Å². The van der Waals surface area contributed by atoms with Crippen molar-refractivity contribution in [3.05, 3.63) is 30.8 Å². The molecule has 0 aliphatic carbocycles. The zero-order valence-electron chi connectivity index (χ0n) is 16.0. The minimum Gasteiger partial charge on any atom is -0.390 e. The van der Waals surface area contributed by atoms with Gasteiger partial charge in [0.05, 0.1) is 18.6 Å². The standard InChI is InChI=1S/C18H27N4O5S/c1-12(18(19)25)6-9-16(24)21-14-8-7-13(2)22(11-15(14)23)28(26,27)17-5-3-4-10-20-17/h3-5,9-10,12-15,23H,6-8,11H2,1-2H3,(H2,19,25)(H,21,24)/t12-,13+,14-,15+/m1/s1. The van der Waals surface area contributed by atoms with Gasteiger partial charge in [0.25, 0.3) is 10.0 Å². The highest BCUT2D eigenvalue weighted by Gasteiger charge is 2.37. The Hall–Kier alpha value is -2.04. The summed E-state index contributed by atoms with van der Waals surface area (Å²) in [5.74, 6) is -1.39. The summed E-state index contributed by atoms with van der Waals surface area (Å²) in [4.78, 5) is 27.1. The number of carbonyl (C=O) groups excluding carboxylic acids is 2. The van der Waals surface area contributed by atoms with E-state index >= 15 is 0 Å². The zero-order chi connectivity index (χ0) is 20.9. The summed E-state index contributed by atoms with van der Waals surface area (Å²) in [6.07, 6.45) is 2.72. The molecule has 0 unspecified atom stereocenters. The van der Waals surface area contributed by atoms with Gasteiger partial charge in [-0.05, 0) is 38.3 Å². The van der Waals surface area contributed by atoms with Gasteiger partial charge in [-0.3, -0.25) is 9.59 Å². The maximum absolute atomic E-state index is 12.9. The number of pyridine rings is 1. The van der Waals surface area contributed by atoms with E-state index in [0.29, 0.717) is 12.8 Å². The summed E-state index contributed by atoms with van der Waals surface area (Å²) < 4.78 is 27.0. The molecule has 2 rings (SSSR count). The molecule has 0 bridgehead atoms. The van der Waals surface area contributed by atoms with Gasteiger partial charge in [0.15, 0.2) is 5.03 Å². The van der Waals surface area contributed by atoms with Crippen LogP contribution in [0.3, 0.4) is 0 Å². The second kappa shape index (κ2) is 9.44. The number of hydrogen-bond donors (Lipinski definition) is 3. The molecular formula is C18H27N4O5S. The number of sulfonamides is 1. The predicted molar refractivity (Wildman–Crippen MR) is 102 cm³/mol. The Morgan fingerprint density at radius 1 is 1.43 bits per heavy atom. The Kier molecular flexibility index (Phi) is 7.50. The number of amides is 2. The van der Waals surface area contributed by atoms with Gasteiger partial charge in [0, 0.05) is 24.7 Å². The molecule has 1 saturated heterocycles. The van der Waals surface area contributed by atoms with E-state index in [1.54, 1.807) is 26.0 Å². The van der Waals surface area contributed by atoms with Crippen LogP contribution < -0.4 is 11.1 Å². The summed E-state index contributed by atoms with van der Waals surface area (Å²) in [6.45, 7) is 3.23. The summed E-state index contributed by atoms with van der Waals surface area (Å²) in [5, 5.41) is 13.2. The molecule has 28 heavy (non-hydrogen) atoms. The normalized spacial score (nSPS) is 24.9. The summed E-state index contributed by atoms with van der Waals surface area (Å²) in [7, 11) is -3.86. The number of aromatic nitrogens is 1. The van der Waals surface area contributed by atoms with Crippen molar-refractivity contribution >= 4 is 21.8 Å². The molecule has 2 amide bonds. The summed E-state index contributed by atoms with van der Waals surface area (Å²) in [6, 6.07) is 3.67. The van der Waals surface area contributed by atoms with Gasteiger partial charge in [0.1, 0.15) is 0 Å². The molecule has 9 nitrogen and oxygen atoms in total. The van der Waals surface area contributed by atoms with Crippen LogP contribution in [0.4, 0.5) is 0 Å². The number of hydrogen-bond acceptors (Lipinski definition) is 6. The highest BCUT2D eigenvalue weighted by Crippen LogP contribution is 2.24. The van der Waals surface area contributed by atoms with Gasteiger partial charge in [0.2, 0.25) is 11.8 Å². The average molecular weight is 412 g/mol. The van der Waals surface area contributed by atoms with Gasteiger partial charge in [-0.2, -0.15) is 4.31 Å². The van der Waals surface area contributed by atoms with Crippen LogP contribution in [0.15, 0.2) is 29.4 Å². The fraction of sp³-hybridized carbons (Fsp3) is 0.556. The number of β-amino-alcohol motifs (C(OH)–C–C–N with tert-alkyl or cyclic N) is 1. The first kappa shape index (κ1) is 22.3. The number of rotatable bonds is 7. The molecule has 10 heteroatoms. The van der Waals surface area contributed by atoms with Crippen LogP contribution >= 0.6 is 0 Å². The molecule has 0 spiro atoms. The maximum Gasteiger partial charge on any atom is 0.260 e. The Balaban J connectivity index is 2.04. The van der Waals surface area contributed by atoms with Crippen molar-refractivity contribution in [1.82, 2.24) is 14.6 Å². The Bertz CT molecular complexity index is 786. The van der Waals surface area contributed by atoms with Gasteiger partial charge in [-0.15, -0.1) is 0 Å². The largest absolute Gasteiger partial charge is 0.390 e. The van der Waals surface area contributed by atoms with Crippen molar-refractivity contribution in [1.29, 1.82) is 0 Å². The van der Waals surface area contributed by atoms with E-state index < -0.39 is 39.9 Å². The molecule has 2 heterocycles. The number of nitrogens with two attached hydrogens (primary N) is 1. The van der Waals surface area contributed by atoms with Crippen molar-refractivity contribution < 1.29 is 23.1 Å². The van der Waals surface area contributed by atoms with Crippen molar-refractivity contribution in [2.45, 2.75) is 56.3 Å². The highest BCUT2D eigenvalue weighted by atomic mass is 32.2. The monoisotopic (exact) mass is 411 g/mol. The molecule has 155 valence electrons. The molecule has 0 aromatic carbocycles. The minimum absolute atomic E-state index is 0.0784. The lowest BCUT2D eigenvalue weighted by Crippen LogP contribution is -2.48. The number of primary amides is 1. The predicted octanol–water partition coefficient (Wildman–Crippen LogP) is -0.184. The van der Waals surface area contributed by atoms with Crippen LogP contribution in [0, 0.1) is 12.3 Å². The van der Waals surface area contributed by atoms with Crippen LogP contribution in [-0.2, 0) is 19.6 Å². The molecule has 1 fully saturated rings. The van der Waals surface area contributed by atoms with Crippen molar-refractivity contribution in [3.8, 4) is 0 Å². The summed E-state index contributed by atoms with van der Waals surface area (Å²) >= 11 is 0. The average Bonchev–Trinajstić information content (AvgIpc) is 2.80. The van der Waals surface area contributed by atoms with E-state index in [1.807, 2.05) is 0 Å². The van der Waals surface area contributed by atoms with E-state index in [9.17, 15) is 23.1 Å². The fourth-order valence-corrected chi connectivity index (χ4v) is 4.63. The zero-order valence-corrected chi connectivity index (χ0v) is 16.8. The van der Waals surface area contributed by atoms with Crippen LogP contribution in [0.5, 0.6) is 0 Å². The number of aliphatic hydroxyl groups excluding tert-OH is 1. The molecule has 1 aromatic rings. The van der Waals surface area contributed by atoms with Gasteiger partial charge in [-0.1, -0.05) is 13.0 Å². The first-order chi connectivity index (χ1) is 13.1. The second-order valence-electron chi connectivity index (χ2n) is 7.09. The van der Waals surface area contributed by atoms with Gasteiger partial charge >= 0.3 is 0 Å². The van der Waals surface area contributed by atoms with E-state index in [-0.39, 0.29) is 24.0 Å². The second-order valence-corrected chi connectivity index (χ2v) is 8.93. The quantitative estimate of drug-likeness (QED) is 0.568. The van der Waals surface area contributed by atoms with E-state index in [2.05, 4.69) is 10.3 Å². The van der Waals surface area contributed by atoms with Crippen LogP contribution in [-0.4, -0.2) is 59.4 Å². The maximum atomic E-state index is 12.9. The third-order valence-electron chi connectivity index (χ3n) is 4.90. The SMILES string of the molecule is C[C@H](C[CH]C(=O)N[C@@H]1CC[C@H](C)N(S(=O)(=O)c2ccccn2)C[C@@H]1O)C(N)=O. The Morgan fingerprint density at radius 2 is 2.14 bits per heavy atom. The topological polar surface area (TPSA) is 143 Å². The van der Waals surface area contributed by atoms with Crippen LogP contribution in [0.1, 0.15) is 33.1 Å². The Labute approximate surface area is 165 Å². The smallest absolute Gasteiger partial charge is 0.260 e.